The second-order valence-electron chi connectivity index (χ2n) is 5.79. The summed E-state index contributed by atoms with van der Waals surface area (Å²) >= 11 is 0. The number of hydrogen-bond acceptors (Lipinski definition) is 0. The molecule has 0 heteroatoms. The molecule has 0 aromatic heterocycles. The molecule has 0 aliphatic heterocycles. The fourth-order valence-electron chi connectivity index (χ4n) is 3.21. The van der Waals surface area contributed by atoms with Gasteiger partial charge in [0.1, 0.15) is 0 Å². The Labute approximate surface area is 94.5 Å². The van der Waals surface area contributed by atoms with Crippen LogP contribution in [-0.4, -0.2) is 0 Å². The zero-order chi connectivity index (χ0) is 11.0. The van der Waals surface area contributed by atoms with E-state index in [4.69, 9.17) is 0 Å². The molecule has 0 aromatic carbocycles. The summed E-state index contributed by atoms with van der Waals surface area (Å²) in [6.45, 7) is 9.43. The van der Waals surface area contributed by atoms with Crippen LogP contribution in [0.2, 0.25) is 0 Å². The predicted molar refractivity (Wildman–Crippen MR) is 66.7 cm³/mol. The van der Waals surface area contributed by atoms with Crippen LogP contribution in [0.1, 0.15) is 47.0 Å². The van der Waals surface area contributed by atoms with Crippen molar-refractivity contribution in [2.24, 2.45) is 23.7 Å². The summed E-state index contributed by atoms with van der Waals surface area (Å²) in [5.41, 5.74) is 3.31. The van der Waals surface area contributed by atoms with E-state index in [1.165, 1.54) is 19.3 Å². The highest BCUT2D eigenvalue weighted by Crippen LogP contribution is 2.44. The Balaban J connectivity index is 2.29. The lowest BCUT2D eigenvalue weighted by Crippen LogP contribution is -2.11. The quantitative estimate of drug-likeness (QED) is 0.548. The van der Waals surface area contributed by atoms with E-state index in [2.05, 4.69) is 39.8 Å². The monoisotopic (exact) mass is 204 g/mol. The first-order chi connectivity index (χ1) is 7.09. The highest BCUT2D eigenvalue weighted by atomic mass is 14.4. The Morgan fingerprint density at radius 3 is 2.67 bits per heavy atom. The van der Waals surface area contributed by atoms with Crippen LogP contribution < -0.4 is 0 Å². The maximum absolute atomic E-state index is 2.61. The van der Waals surface area contributed by atoms with Gasteiger partial charge < -0.3 is 0 Å². The lowest BCUT2D eigenvalue weighted by atomic mass is 9.85. The lowest BCUT2D eigenvalue weighted by molar-refractivity contribution is 0.439. The third kappa shape index (κ3) is 2.04. The van der Waals surface area contributed by atoms with Crippen molar-refractivity contribution in [2.75, 3.05) is 0 Å². The molecule has 0 aromatic rings. The molecule has 0 nitrogen and oxygen atoms in total. The summed E-state index contributed by atoms with van der Waals surface area (Å²) in [6, 6.07) is 0. The van der Waals surface area contributed by atoms with Crippen LogP contribution in [0.15, 0.2) is 23.3 Å². The first-order valence-corrected chi connectivity index (χ1v) is 6.47. The molecule has 0 spiro atoms. The molecule has 0 radical (unpaired) electrons. The van der Waals surface area contributed by atoms with Gasteiger partial charge in [-0.1, -0.05) is 44.1 Å². The van der Waals surface area contributed by atoms with Gasteiger partial charge in [0.05, 0.1) is 0 Å². The van der Waals surface area contributed by atoms with Gasteiger partial charge in [0.25, 0.3) is 0 Å². The summed E-state index contributed by atoms with van der Waals surface area (Å²) in [4.78, 5) is 0. The van der Waals surface area contributed by atoms with E-state index in [-0.39, 0.29) is 0 Å². The Morgan fingerprint density at radius 2 is 2.00 bits per heavy atom. The average molecular weight is 204 g/mol. The van der Waals surface area contributed by atoms with E-state index in [1.807, 2.05) is 0 Å². The SMILES string of the molecule is CC1=CCC(C(C)C)=C[C@@H]2C1CC[C@H]2C. The lowest BCUT2D eigenvalue weighted by Gasteiger charge is -2.20. The number of rotatable bonds is 1. The van der Waals surface area contributed by atoms with Crippen LogP contribution in [0, 0.1) is 23.7 Å². The second-order valence-corrected chi connectivity index (χ2v) is 5.79. The van der Waals surface area contributed by atoms with E-state index in [1.54, 1.807) is 11.1 Å². The molecule has 0 N–H and O–H groups in total. The predicted octanol–water partition coefficient (Wildman–Crippen LogP) is 4.58. The van der Waals surface area contributed by atoms with Crippen molar-refractivity contribution < 1.29 is 0 Å². The molecule has 0 bridgehead atoms. The third-order valence-corrected chi connectivity index (χ3v) is 4.45. The summed E-state index contributed by atoms with van der Waals surface area (Å²) in [5, 5.41) is 0. The smallest absolute Gasteiger partial charge is 0.0133 e. The van der Waals surface area contributed by atoms with Crippen LogP contribution in [-0.2, 0) is 0 Å². The van der Waals surface area contributed by atoms with Crippen LogP contribution in [0.25, 0.3) is 0 Å². The van der Waals surface area contributed by atoms with Gasteiger partial charge in [-0.25, -0.2) is 0 Å². The van der Waals surface area contributed by atoms with Crippen molar-refractivity contribution in [1.29, 1.82) is 0 Å². The Hall–Kier alpha value is -0.520. The van der Waals surface area contributed by atoms with Gasteiger partial charge in [0, 0.05) is 0 Å². The van der Waals surface area contributed by atoms with Gasteiger partial charge in [-0.15, -0.1) is 0 Å². The normalized spacial score (nSPS) is 35.9. The van der Waals surface area contributed by atoms with Crippen LogP contribution in [0.5, 0.6) is 0 Å². The Morgan fingerprint density at radius 1 is 1.27 bits per heavy atom. The molecule has 0 amide bonds. The van der Waals surface area contributed by atoms with E-state index < -0.39 is 0 Å². The largest absolute Gasteiger partial charge is 0.0812 e. The molecule has 1 saturated carbocycles. The fraction of sp³-hybridized carbons (Fsp3) is 0.733. The van der Waals surface area contributed by atoms with E-state index in [9.17, 15) is 0 Å². The zero-order valence-corrected chi connectivity index (χ0v) is 10.6. The second kappa shape index (κ2) is 4.15. The van der Waals surface area contributed by atoms with Crippen molar-refractivity contribution in [3.8, 4) is 0 Å². The Bertz CT molecular complexity index is 293. The topological polar surface area (TPSA) is 0 Å². The molecule has 1 fully saturated rings. The van der Waals surface area contributed by atoms with Crippen molar-refractivity contribution in [2.45, 2.75) is 47.0 Å². The highest BCUT2D eigenvalue weighted by molar-refractivity contribution is 5.23. The van der Waals surface area contributed by atoms with Crippen molar-refractivity contribution >= 4 is 0 Å². The zero-order valence-electron chi connectivity index (χ0n) is 10.6. The summed E-state index contributed by atoms with van der Waals surface area (Å²) < 4.78 is 0. The van der Waals surface area contributed by atoms with Gasteiger partial charge in [-0.2, -0.15) is 0 Å². The molecular formula is C15H24. The van der Waals surface area contributed by atoms with Gasteiger partial charge >= 0.3 is 0 Å². The van der Waals surface area contributed by atoms with E-state index >= 15 is 0 Å². The van der Waals surface area contributed by atoms with Crippen LogP contribution in [0.4, 0.5) is 0 Å². The van der Waals surface area contributed by atoms with E-state index in [0.717, 1.165) is 23.7 Å². The molecule has 1 unspecified atom stereocenters. The minimum absolute atomic E-state index is 0.723. The maximum Gasteiger partial charge on any atom is -0.0133 e. The highest BCUT2D eigenvalue weighted by Gasteiger charge is 2.34. The van der Waals surface area contributed by atoms with Crippen molar-refractivity contribution in [3.05, 3.63) is 23.3 Å². The summed E-state index contributed by atoms with van der Waals surface area (Å²) in [5.74, 6) is 3.31. The van der Waals surface area contributed by atoms with Gasteiger partial charge in [-0.05, 0) is 49.9 Å². The van der Waals surface area contributed by atoms with Crippen LogP contribution in [0.3, 0.4) is 0 Å². The standard InChI is InChI=1S/C15H24/c1-10(2)13-7-5-11(3)14-8-6-12(4)15(14)9-13/h5,9-10,12,14-15H,6-8H2,1-4H3/t12-,14?,15+/m1/s1. The maximum atomic E-state index is 2.61. The molecule has 2 rings (SSSR count). The molecule has 15 heavy (non-hydrogen) atoms. The van der Waals surface area contributed by atoms with Gasteiger partial charge in [0.2, 0.25) is 0 Å². The van der Waals surface area contributed by atoms with E-state index in [0.29, 0.717) is 0 Å². The molecule has 3 atom stereocenters. The summed E-state index contributed by atoms with van der Waals surface area (Å²) in [7, 11) is 0. The minimum atomic E-state index is 0.723. The minimum Gasteiger partial charge on any atom is -0.0812 e. The van der Waals surface area contributed by atoms with Crippen molar-refractivity contribution in [1.82, 2.24) is 0 Å². The average Bonchev–Trinajstić information content (AvgIpc) is 2.43. The number of hydrogen-bond donors (Lipinski definition) is 0. The number of fused-ring (bicyclic) bond motifs is 1. The molecule has 84 valence electrons. The molecule has 2 aliphatic rings. The van der Waals surface area contributed by atoms with Crippen LogP contribution >= 0.6 is 0 Å². The van der Waals surface area contributed by atoms with Crippen molar-refractivity contribution in [3.63, 3.8) is 0 Å². The molecular weight excluding hydrogens is 180 g/mol. The van der Waals surface area contributed by atoms with Gasteiger partial charge in [0.15, 0.2) is 0 Å². The fourth-order valence-corrected chi connectivity index (χ4v) is 3.21. The number of allylic oxidation sites excluding steroid dienone is 4. The molecule has 2 aliphatic carbocycles. The molecule has 0 heterocycles. The third-order valence-electron chi connectivity index (χ3n) is 4.45. The first-order valence-electron chi connectivity index (χ1n) is 6.47. The molecule has 0 saturated heterocycles. The summed E-state index contributed by atoms with van der Waals surface area (Å²) in [6.07, 6.45) is 9.12. The van der Waals surface area contributed by atoms with Gasteiger partial charge in [-0.3, -0.25) is 0 Å². The Kier molecular flexibility index (Phi) is 3.04. The first kappa shape index (κ1) is 11.0.